The van der Waals surface area contributed by atoms with Crippen molar-refractivity contribution in [3.8, 4) is 0 Å². The van der Waals surface area contributed by atoms with E-state index in [9.17, 15) is 105 Å². The van der Waals surface area contributed by atoms with Crippen LogP contribution in [0.5, 0.6) is 0 Å². The predicted octanol–water partition coefficient (Wildman–Crippen LogP) is -9.09. The minimum absolute atomic E-state index is 0.665. The molecule has 5 aliphatic rings. The van der Waals surface area contributed by atoms with Gasteiger partial charge in [0.1, 0.15) is 48.8 Å². The highest BCUT2D eigenvalue weighted by atomic mass is 32.3. The van der Waals surface area contributed by atoms with Gasteiger partial charge < -0.3 is 104 Å². The number of aliphatic carboxylic acids is 2. The molecule has 38 heteroatoms. The zero-order valence-electron chi connectivity index (χ0n) is 36.7. The first kappa shape index (κ1) is 60.2. The summed E-state index contributed by atoms with van der Waals surface area (Å²) >= 11 is 0. The van der Waals surface area contributed by atoms with E-state index in [0.717, 1.165) is 6.92 Å². The highest BCUT2D eigenvalue weighted by Crippen LogP contribution is 2.37. The summed E-state index contributed by atoms with van der Waals surface area (Å²) in [6, 6.07) is 0. The molecule has 23 unspecified atom stereocenters. The predicted molar refractivity (Wildman–Crippen MR) is 214 cm³/mol. The summed E-state index contributed by atoms with van der Waals surface area (Å²) in [5, 5.41) is 127. The summed E-state index contributed by atoms with van der Waals surface area (Å²) < 4.78 is 159. The van der Waals surface area contributed by atoms with Crippen molar-refractivity contribution in [2.24, 2.45) is 23.7 Å². The number of ether oxygens (including phenoxy) is 9. The third-order valence-electron chi connectivity index (χ3n) is 11.9. The second-order valence-corrected chi connectivity index (χ2v) is 19.9. The maximum absolute atomic E-state index is 12.3. The molecule has 0 aromatic heterocycles. The zero-order chi connectivity index (χ0) is 53.9. The molecular formula is C34H54O35S3. The smallest absolute Gasteiger partial charge is 0.397 e. The average Bonchev–Trinajstić information content (AvgIpc) is 3.26. The summed E-state index contributed by atoms with van der Waals surface area (Å²) in [6.45, 7) is -4.97. The van der Waals surface area contributed by atoms with Crippen LogP contribution in [0.25, 0.3) is 0 Å². The summed E-state index contributed by atoms with van der Waals surface area (Å²) in [6.07, 6.45) is -37.9. The molecule has 5 rings (SSSR count). The van der Waals surface area contributed by atoms with Crippen LogP contribution in [0.4, 0.5) is 0 Å². The molecule has 4 fully saturated rings. The monoisotopic (exact) mass is 1120 g/mol. The number of aliphatic hydroxyl groups excluding tert-OH is 10. The number of carboxylic acids is 2. The highest BCUT2D eigenvalue weighted by molar-refractivity contribution is 7.81. The summed E-state index contributed by atoms with van der Waals surface area (Å²) in [4.78, 5) is 23.8. The van der Waals surface area contributed by atoms with Gasteiger partial charge in [-0.1, -0.05) is 0 Å². The molecule has 35 nitrogen and oxygen atoms in total. The van der Waals surface area contributed by atoms with Gasteiger partial charge in [0, 0.05) is 17.8 Å². The lowest BCUT2D eigenvalue weighted by molar-refractivity contribution is -0.329. The number of carbonyl (C=O) groups is 2. The van der Waals surface area contributed by atoms with Crippen LogP contribution in [0, 0.1) is 23.7 Å². The molecule has 15 N–H and O–H groups in total. The molecule has 418 valence electrons. The molecule has 5 aliphatic heterocycles. The van der Waals surface area contributed by atoms with Crippen molar-refractivity contribution < 1.29 is 165 Å². The number of hydrogen-bond acceptors (Lipinski definition) is 30. The van der Waals surface area contributed by atoms with Crippen molar-refractivity contribution in [2.75, 3.05) is 39.6 Å². The Morgan fingerprint density at radius 3 is 1.68 bits per heavy atom. The normalized spacial score (nSPS) is 42.3. The van der Waals surface area contributed by atoms with E-state index in [1.54, 1.807) is 0 Å². The largest absolute Gasteiger partial charge is 0.479 e. The van der Waals surface area contributed by atoms with E-state index in [2.05, 4.69) is 12.5 Å². The molecule has 4 saturated heterocycles. The lowest BCUT2D eigenvalue weighted by Gasteiger charge is -2.46. The minimum atomic E-state index is -5.56. The molecule has 5 heterocycles. The van der Waals surface area contributed by atoms with Gasteiger partial charge in [-0.3, -0.25) is 13.7 Å². The van der Waals surface area contributed by atoms with E-state index in [1.807, 2.05) is 0 Å². The molecule has 0 aliphatic carbocycles. The molecule has 0 aromatic rings. The van der Waals surface area contributed by atoms with Crippen molar-refractivity contribution in [1.82, 2.24) is 0 Å². The Bertz CT molecular complexity index is 2200. The number of rotatable bonds is 22. The first-order valence-corrected chi connectivity index (χ1v) is 25.0. The Labute approximate surface area is 406 Å². The van der Waals surface area contributed by atoms with Crippen LogP contribution in [0.15, 0.2) is 11.8 Å². The van der Waals surface area contributed by atoms with Crippen molar-refractivity contribution in [3.05, 3.63) is 11.8 Å². The highest BCUT2D eigenvalue weighted by Gasteiger charge is 2.54. The number of hydrogen-bond donors (Lipinski definition) is 15. The van der Waals surface area contributed by atoms with Crippen molar-refractivity contribution in [2.45, 2.75) is 124 Å². The van der Waals surface area contributed by atoms with E-state index in [4.69, 9.17) is 47.2 Å². The van der Waals surface area contributed by atoms with Crippen LogP contribution in [0.3, 0.4) is 0 Å². The maximum Gasteiger partial charge on any atom is 0.397 e. The van der Waals surface area contributed by atoms with Gasteiger partial charge in [0.2, 0.25) is 12.0 Å². The minimum Gasteiger partial charge on any atom is -0.479 e. The molecule has 0 spiro atoms. The van der Waals surface area contributed by atoms with Crippen LogP contribution in [0.1, 0.15) is 6.92 Å². The Morgan fingerprint density at radius 2 is 1.10 bits per heavy atom. The fraction of sp³-hybridized carbons (Fsp3) is 0.882. The fourth-order valence-electron chi connectivity index (χ4n) is 8.14. The van der Waals surface area contributed by atoms with Gasteiger partial charge in [0.05, 0.1) is 70.0 Å². The van der Waals surface area contributed by atoms with E-state index in [-0.39, 0.29) is 0 Å². The summed E-state index contributed by atoms with van der Waals surface area (Å²) in [5.74, 6) is -11.1. The molecule has 23 atom stereocenters. The van der Waals surface area contributed by atoms with Crippen LogP contribution in [-0.2, 0) is 96.0 Å². The van der Waals surface area contributed by atoms with Crippen molar-refractivity contribution in [1.29, 1.82) is 0 Å². The Kier molecular flexibility index (Phi) is 20.6. The fourth-order valence-corrected chi connectivity index (χ4v) is 9.49. The topological polar surface area (TPSA) is 551 Å². The number of aliphatic hydroxyl groups is 10. The van der Waals surface area contributed by atoms with Gasteiger partial charge in [0.25, 0.3) is 0 Å². The molecule has 0 bridgehead atoms. The third-order valence-corrected chi connectivity index (χ3v) is 13.2. The maximum atomic E-state index is 12.3. The SMILES string of the molecule is CC1OC(OCC2C(O)C(COS(=O)(=O)O)OC(O)C2COC2OC(C(=O)O)C(O)C(COC3OC(CO)C(O)C(O)C3COC3OC(C(=O)O)=CC(O)C3O)C2O)C(OS(=O)(=O)O)C(O)C1OS(=O)(=O)O. The van der Waals surface area contributed by atoms with Crippen molar-refractivity contribution >= 4 is 43.1 Å². The molecule has 0 aromatic carbocycles. The van der Waals surface area contributed by atoms with Crippen LogP contribution in [0.2, 0.25) is 0 Å². The second-order valence-electron chi connectivity index (χ2n) is 16.7. The zero-order valence-corrected chi connectivity index (χ0v) is 39.1. The first-order chi connectivity index (χ1) is 33.3. The van der Waals surface area contributed by atoms with Gasteiger partial charge >= 0.3 is 43.1 Å². The summed E-state index contributed by atoms with van der Waals surface area (Å²) in [5.41, 5.74) is 0. The van der Waals surface area contributed by atoms with E-state index in [0.29, 0.717) is 6.08 Å². The summed E-state index contributed by atoms with van der Waals surface area (Å²) in [7, 11) is -16.2. The van der Waals surface area contributed by atoms with E-state index < -0.39 is 229 Å². The molecule has 0 radical (unpaired) electrons. The van der Waals surface area contributed by atoms with Crippen LogP contribution < -0.4 is 0 Å². The Hall–Kier alpha value is -2.63. The van der Waals surface area contributed by atoms with Gasteiger partial charge in [-0.25, -0.2) is 22.1 Å². The van der Waals surface area contributed by atoms with Crippen LogP contribution >= 0.6 is 0 Å². The average molecular weight is 1120 g/mol. The quantitative estimate of drug-likeness (QED) is 0.0448. The molecule has 0 saturated carbocycles. The number of carboxylic acid groups (broad SMARTS) is 2. The Balaban J connectivity index is 1.36. The molecular weight excluding hydrogens is 1060 g/mol. The van der Waals surface area contributed by atoms with Gasteiger partial charge in [-0.15, -0.1) is 0 Å². The second kappa shape index (κ2) is 24.6. The lowest BCUT2D eigenvalue weighted by atomic mass is 9.83. The first-order valence-electron chi connectivity index (χ1n) is 20.9. The van der Waals surface area contributed by atoms with Crippen LogP contribution in [-0.4, -0.2) is 269 Å². The molecule has 72 heavy (non-hydrogen) atoms. The van der Waals surface area contributed by atoms with Crippen molar-refractivity contribution in [3.63, 3.8) is 0 Å². The van der Waals surface area contributed by atoms with E-state index >= 15 is 0 Å². The standard InChI is InChI=1S/C34H54O35S3/c1-9-25(68-71(52,53)54)24(43)27(69-72(55,56)57)34(63-9)61-4-10-11(30(48)64-17(18(10)37)8-62-70(49,50)51)5-59-32-21(40)12(20(39)26(67-32)29(46)47)6-58-31-13(19(38)23(42)16(3-35)66-31)7-60-33-22(41)14(36)2-15(65-33)28(44)45/h2,9-14,16-27,30-43,48H,3-8H2,1H3,(H,44,45)(H,46,47)(H,49,50,51)(H,52,53,54)(H,55,56,57). The lowest BCUT2D eigenvalue weighted by Crippen LogP contribution is -2.62. The van der Waals surface area contributed by atoms with Gasteiger partial charge in [-0.2, -0.15) is 25.3 Å². The van der Waals surface area contributed by atoms with E-state index in [1.165, 1.54) is 0 Å². The molecule has 0 amide bonds. The van der Waals surface area contributed by atoms with Gasteiger partial charge in [-0.05, 0) is 13.0 Å². The Morgan fingerprint density at radius 1 is 0.542 bits per heavy atom. The third kappa shape index (κ3) is 15.3. The van der Waals surface area contributed by atoms with Gasteiger partial charge in [0.15, 0.2) is 37.4 Å².